The molecule has 2 nitrogen and oxygen atoms in total. The van der Waals surface area contributed by atoms with Crippen molar-refractivity contribution in [3.8, 4) is 0 Å². The lowest BCUT2D eigenvalue weighted by atomic mass is 9.77. The molecule has 0 heterocycles. The van der Waals surface area contributed by atoms with Gasteiger partial charge in [0, 0.05) is 17.9 Å². The summed E-state index contributed by atoms with van der Waals surface area (Å²) in [5.41, 5.74) is 0.150. The first-order chi connectivity index (χ1) is 7.73. The average molecular weight is 254 g/mol. The Morgan fingerprint density at radius 3 is 2.41 bits per heavy atom. The molecule has 3 heteroatoms. The van der Waals surface area contributed by atoms with E-state index in [2.05, 4.69) is 26.6 Å². The van der Waals surface area contributed by atoms with Crippen LogP contribution in [0.25, 0.3) is 0 Å². The molecule has 1 aliphatic carbocycles. The van der Waals surface area contributed by atoms with Gasteiger partial charge in [0.2, 0.25) is 0 Å². The molecule has 3 atom stereocenters. The van der Waals surface area contributed by atoms with Crippen LogP contribution in [-0.2, 0) is 9.59 Å². The van der Waals surface area contributed by atoms with E-state index in [4.69, 9.17) is 0 Å². The summed E-state index contributed by atoms with van der Waals surface area (Å²) >= 11 is 0. The molecule has 0 N–H and O–H groups in total. The molecule has 0 aromatic heterocycles. The molecule has 1 saturated carbocycles. The summed E-state index contributed by atoms with van der Waals surface area (Å²) in [6.45, 7) is 10.6. The van der Waals surface area contributed by atoms with E-state index >= 15 is 0 Å². The van der Waals surface area contributed by atoms with Crippen LogP contribution in [0.4, 0.5) is 0 Å². The molecule has 1 fully saturated rings. The molecule has 98 valence electrons. The molecule has 0 radical (unpaired) electrons. The minimum Gasteiger partial charge on any atom is -0.300 e. The Labute approximate surface area is 106 Å². The lowest BCUT2D eigenvalue weighted by Crippen LogP contribution is -2.37. The maximum Gasteiger partial charge on any atom is 0.136 e. The van der Waals surface area contributed by atoms with Gasteiger partial charge in [0.25, 0.3) is 0 Å². The topological polar surface area (TPSA) is 34.1 Å². The number of rotatable bonds is 4. The van der Waals surface area contributed by atoms with Crippen molar-refractivity contribution in [1.29, 1.82) is 0 Å². The van der Waals surface area contributed by atoms with Gasteiger partial charge in [-0.15, -0.1) is 0 Å². The average Bonchev–Trinajstić information content (AvgIpc) is 2.14. The zero-order valence-corrected chi connectivity index (χ0v) is 12.9. The van der Waals surface area contributed by atoms with E-state index < -0.39 is 8.07 Å². The molecule has 1 rings (SSSR count). The second-order valence-electron chi connectivity index (χ2n) is 6.71. The highest BCUT2D eigenvalue weighted by Crippen LogP contribution is 2.37. The largest absolute Gasteiger partial charge is 0.300 e. The summed E-state index contributed by atoms with van der Waals surface area (Å²) < 4.78 is 0. The summed E-state index contributed by atoms with van der Waals surface area (Å²) in [4.78, 5) is 23.8. The first-order valence-electron chi connectivity index (χ1n) is 6.76. The van der Waals surface area contributed by atoms with Gasteiger partial charge in [0.05, 0.1) is 8.07 Å². The number of ketones is 2. The van der Waals surface area contributed by atoms with Crippen molar-refractivity contribution in [2.45, 2.75) is 64.7 Å². The van der Waals surface area contributed by atoms with Crippen molar-refractivity contribution in [3.63, 3.8) is 0 Å². The molecule has 17 heavy (non-hydrogen) atoms. The van der Waals surface area contributed by atoms with Crippen LogP contribution in [0.5, 0.6) is 0 Å². The van der Waals surface area contributed by atoms with E-state index in [1.807, 2.05) is 0 Å². The van der Waals surface area contributed by atoms with Crippen LogP contribution in [0.15, 0.2) is 0 Å². The summed E-state index contributed by atoms with van der Waals surface area (Å²) in [7, 11) is -1.49. The second kappa shape index (κ2) is 5.47. The van der Waals surface area contributed by atoms with Crippen LogP contribution in [0.1, 0.15) is 39.5 Å². The van der Waals surface area contributed by atoms with E-state index in [-0.39, 0.29) is 17.2 Å². The van der Waals surface area contributed by atoms with Gasteiger partial charge in [-0.05, 0) is 32.1 Å². The summed E-state index contributed by atoms with van der Waals surface area (Å²) in [6, 6.07) is 0. The van der Waals surface area contributed by atoms with Gasteiger partial charge in [0.1, 0.15) is 11.6 Å². The maximum absolute atomic E-state index is 12.0. The van der Waals surface area contributed by atoms with Crippen molar-refractivity contribution in [2.24, 2.45) is 11.8 Å². The van der Waals surface area contributed by atoms with Crippen molar-refractivity contribution in [1.82, 2.24) is 0 Å². The predicted molar refractivity (Wildman–Crippen MR) is 73.9 cm³/mol. The molecule has 0 aromatic carbocycles. The Morgan fingerprint density at radius 1 is 1.41 bits per heavy atom. The molecule has 0 bridgehead atoms. The van der Waals surface area contributed by atoms with E-state index in [0.29, 0.717) is 11.7 Å². The van der Waals surface area contributed by atoms with Crippen LogP contribution in [0.2, 0.25) is 25.2 Å². The van der Waals surface area contributed by atoms with E-state index in [9.17, 15) is 9.59 Å². The highest BCUT2D eigenvalue weighted by molar-refractivity contribution is 6.80. The zero-order valence-electron chi connectivity index (χ0n) is 11.9. The minimum absolute atomic E-state index is 0.143. The third-order valence-corrected chi connectivity index (χ3v) is 6.94. The van der Waals surface area contributed by atoms with Crippen LogP contribution in [0.3, 0.4) is 0 Å². The van der Waals surface area contributed by atoms with Gasteiger partial charge in [-0.25, -0.2) is 0 Å². The fraction of sp³-hybridized carbons (Fsp3) is 0.857. The van der Waals surface area contributed by atoms with Crippen molar-refractivity contribution < 1.29 is 9.59 Å². The monoisotopic (exact) mass is 254 g/mol. The Morgan fingerprint density at radius 2 is 2.00 bits per heavy atom. The van der Waals surface area contributed by atoms with Gasteiger partial charge in [-0.3, -0.25) is 4.79 Å². The highest BCUT2D eigenvalue weighted by atomic mass is 28.3. The van der Waals surface area contributed by atoms with E-state index in [1.165, 1.54) is 0 Å². The fourth-order valence-corrected chi connectivity index (χ4v) is 5.23. The molecular weight excluding hydrogens is 228 g/mol. The Balaban J connectivity index is 2.79. The fourth-order valence-electron chi connectivity index (χ4n) is 3.05. The van der Waals surface area contributed by atoms with Crippen molar-refractivity contribution >= 4 is 19.6 Å². The van der Waals surface area contributed by atoms with Crippen LogP contribution < -0.4 is 0 Å². The highest BCUT2D eigenvalue weighted by Gasteiger charge is 2.37. The third-order valence-electron chi connectivity index (χ3n) is 4.21. The standard InChI is InChI=1S/C14H26O2Si/c1-10-7-6-8-13(16)12(10)9-14(11(2)15)17(3,4)5/h10,12,14H,6-9H2,1-5H3. The minimum atomic E-state index is -1.49. The SMILES string of the molecule is CC(=O)C(CC1C(=O)CCCC1C)[Si](C)(C)C. The molecule has 3 unspecified atom stereocenters. The van der Waals surface area contributed by atoms with E-state index in [0.717, 1.165) is 25.7 Å². The Hall–Kier alpha value is -0.443. The normalized spacial score (nSPS) is 27.9. The number of carbonyl (C=O) groups is 2. The Bertz CT molecular complexity index is 304. The summed E-state index contributed by atoms with van der Waals surface area (Å²) in [5, 5.41) is 0. The van der Waals surface area contributed by atoms with Gasteiger partial charge in [-0.2, -0.15) is 0 Å². The Kier molecular flexibility index (Phi) is 4.70. The summed E-state index contributed by atoms with van der Waals surface area (Å²) in [5.74, 6) is 1.29. The van der Waals surface area contributed by atoms with Gasteiger partial charge < -0.3 is 4.79 Å². The van der Waals surface area contributed by atoms with Crippen molar-refractivity contribution in [2.75, 3.05) is 0 Å². The molecule has 0 spiro atoms. The molecular formula is C14H26O2Si. The zero-order chi connectivity index (χ0) is 13.2. The smallest absolute Gasteiger partial charge is 0.136 e. The first kappa shape index (κ1) is 14.6. The second-order valence-corrected chi connectivity index (χ2v) is 12.1. The third kappa shape index (κ3) is 3.77. The first-order valence-corrected chi connectivity index (χ1v) is 10.3. The lowest BCUT2D eigenvalue weighted by Gasteiger charge is -2.34. The predicted octanol–water partition coefficient (Wildman–Crippen LogP) is 3.68. The molecule has 0 saturated heterocycles. The van der Waals surface area contributed by atoms with Crippen molar-refractivity contribution in [3.05, 3.63) is 0 Å². The maximum atomic E-state index is 12.0. The number of hydrogen-bond donors (Lipinski definition) is 0. The van der Waals surface area contributed by atoms with Crippen LogP contribution in [-0.4, -0.2) is 19.6 Å². The summed E-state index contributed by atoms with van der Waals surface area (Å²) in [6.07, 6.45) is 3.72. The molecule has 0 aliphatic heterocycles. The van der Waals surface area contributed by atoms with Gasteiger partial charge in [-0.1, -0.05) is 26.6 Å². The molecule has 1 aliphatic rings. The lowest BCUT2D eigenvalue weighted by molar-refractivity contribution is -0.127. The molecule has 0 amide bonds. The van der Waals surface area contributed by atoms with Gasteiger partial charge >= 0.3 is 0 Å². The quantitative estimate of drug-likeness (QED) is 0.717. The number of Topliss-reactive ketones (excluding diaryl/α,β-unsaturated/α-hetero) is 2. The van der Waals surface area contributed by atoms with Crippen LogP contribution >= 0.6 is 0 Å². The number of carbonyl (C=O) groups excluding carboxylic acids is 2. The molecule has 0 aromatic rings. The van der Waals surface area contributed by atoms with E-state index in [1.54, 1.807) is 6.92 Å². The number of hydrogen-bond acceptors (Lipinski definition) is 2. The van der Waals surface area contributed by atoms with Crippen LogP contribution in [0, 0.1) is 11.8 Å². The van der Waals surface area contributed by atoms with Gasteiger partial charge in [0.15, 0.2) is 0 Å².